The first-order valence-electron chi connectivity index (χ1n) is 9.92. The van der Waals surface area contributed by atoms with E-state index in [1.54, 1.807) is 37.6 Å². The minimum Gasteiger partial charge on any atom is -0.503 e. The zero-order valence-electron chi connectivity index (χ0n) is 19.3. The molecule has 0 unspecified atom stereocenters. The van der Waals surface area contributed by atoms with Crippen molar-refractivity contribution in [1.82, 2.24) is 10.2 Å². The van der Waals surface area contributed by atoms with Crippen molar-refractivity contribution in [1.29, 1.82) is 0 Å². The number of aryl methyl sites for hydroxylation is 1. The van der Waals surface area contributed by atoms with Gasteiger partial charge < -0.3 is 20.5 Å². The van der Waals surface area contributed by atoms with Crippen LogP contribution in [0.1, 0.15) is 46.9 Å². The van der Waals surface area contributed by atoms with Crippen LogP contribution in [0.15, 0.2) is 42.6 Å². The molecule has 1 heterocycles. The normalized spacial score (nSPS) is 13.1. The Kier molecular flexibility index (Phi) is 7.76. The Balaban J connectivity index is 2.40. The molecule has 0 aliphatic heterocycles. The van der Waals surface area contributed by atoms with Gasteiger partial charge in [0.2, 0.25) is 0 Å². The van der Waals surface area contributed by atoms with Crippen LogP contribution in [0.5, 0.6) is 5.75 Å². The van der Waals surface area contributed by atoms with Gasteiger partial charge in [-0.1, -0.05) is 33.4 Å². The number of benzene rings is 1. The number of hydrogen-bond acceptors (Lipinski definition) is 7. The summed E-state index contributed by atoms with van der Waals surface area (Å²) < 4.78 is 0. The molecule has 10 heteroatoms. The van der Waals surface area contributed by atoms with Crippen LogP contribution in [0.2, 0.25) is 0 Å². The molecule has 0 aliphatic carbocycles. The number of hydrogen-bond donors (Lipinski definition) is 5. The van der Waals surface area contributed by atoms with Crippen molar-refractivity contribution in [2.45, 2.75) is 33.7 Å². The maximum Gasteiger partial charge on any atom is 0.386 e. The molecule has 0 aliphatic rings. The smallest absolute Gasteiger partial charge is 0.386 e. The number of carbonyl (C=O) groups is 1. The van der Waals surface area contributed by atoms with Crippen LogP contribution in [0.4, 0.5) is 5.69 Å². The number of phenolic OH excluding ortho intramolecular Hbond substituents is 1. The number of phenols is 1. The lowest BCUT2D eigenvalue weighted by molar-refractivity contribution is -0.964. The van der Waals surface area contributed by atoms with E-state index < -0.39 is 0 Å². The molecule has 1 aromatic carbocycles. The van der Waals surface area contributed by atoms with Crippen molar-refractivity contribution in [3.05, 3.63) is 57.9 Å². The second kappa shape index (κ2) is 9.92. The van der Waals surface area contributed by atoms with Gasteiger partial charge in [0.1, 0.15) is 10.6 Å². The van der Waals surface area contributed by atoms with Crippen LogP contribution in [0.25, 0.3) is 0 Å². The number of anilines is 1. The standard InChI is InChI=1S/C22H31N5O4S/c1-13-11-12-17(32-13)19(22(3,4)5)24-14(2)20(27(30)31-23)25-16-10-8-9-15(18(16)28)21(29)26(6)7/h8-12,19,24,30H,2,23H2,1,3-7H3,(H,28,29)/p+1/t19-/m0/s1. The van der Waals surface area contributed by atoms with Gasteiger partial charge in [0.05, 0.1) is 11.6 Å². The predicted octanol–water partition coefficient (Wildman–Crippen LogP) is 3.37. The van der Waals surface area contributed by atoms with E-state index >= 15 is 0 Å². The molecule has 6 N–H and O–H groups in total. The third kappa shape index (κ3) is 5.71. The Labute approximate surface area is 192 Å². The van der Waals surface area contributed by atoms with Crippen molar-refractivity contribution >= 4 is 28.8 Å². The van der Waals surface area contributed by atoms with E-state index in [1.165, 1.54) is 15.8 Å². The van der Waals surface area contributed by atoms with Crippen molar-refractivity contribution in [3.8, 4) is 5.75 Å². The highest BCUT2D eigenvalue weighted by Crippen LogP contribution is 2.37. The number of thiophene rings is 1. The molecule has 2 aromatic rings. The fourth-order valence-electron chi connectivity index (χ4n) is 3.04. The van der Waals surface area contributed by atoms with Crippen molar-refractivity contribution in [2.75, 3.05) is 19.4 Å². The Morgan fingerprint density at radius 1 is 1.28 bits per heavy atom. The Bertz CT molecular complexity index is 1020. The summed E-state index contributed by atoms with van der Waals surface area (Å²) in [4.78, 5) is 20.7. The Hall–Kier alpha value is -3.24. The van der Waals surface area contributed by atoms with E-state index in [9.17, 15) is 15.1 Å². The molecule has 0 saturated heterocycles. The van der Waals surface area contributed by atoms with Gasteiger partial charge in [-0.25, -0.2) is 10.3 Å². The lowest BCUT2D eigenvalue weighted by Gasteiger charge is -2.31. The van der Waals surface area contributed by atoms with Crippen LogP contribution in [0, 0.1) is 12.3 Å². The first-order valence-corrected chi connectivity index (χ1v) is 10.7. The summed E-state index contributed by atoms with van der Waals surface area (Å²) in [6.07, 6.45) is 0. The number of para-hydroxylation sites is 1. The second-order valence-corrected chi connectivity index (χ2v) is 9.94. The molecule has 1 atom stereocenters. The molecule has 1 aromatic heterocycles. The topological polar surface area (TPSA) is 123 Å². The fraction of sp³-hybridized carbons (Fsp3) is 0.364. The van der Waals surface area contributed by atoms with Gasteiger partial charge in [-0.15, -0.1) is 17.2 Å². The molecule has 0 radical (unpaired) electrons. The van der Waals surface area contributed by atoms with Gasteiger partial charge in [-0.2, -0.15) is 0 Å². The Morgan fingerprint density at radius 3 is 2.44 bits per heavy atom. The number of carbonyl (C=O) groups excluding carboxylic acids is 1. The molecular formula is C22H32N5O4S+. The molecule has 0 bridgehead atoms. The lowest BCUT2D eigenvalue weighted by atomic mass is 9.85. The van der Waals surface area contributed by atoms with Crippen molar-refractivity contribution in [3.63, 3.8) is 0 Å². The van der Waals surface area contributed by atoms with Gasteiger partial charge in [0.15, 0.2) is 11.4 Å². The molecule has 174 valence electrons. The Morgan fingerprint density at radius 2 is 1.94 bits per heavy atom. The van der Waals surface area contributed by atoms with Crippen LogP contribution in [-0.4, -0.2) is 46.0 Å². The van der Waals surface area contributed by atoms with E-state index in [0.717, 1.165) is 4.88 Å². The van der Waals surface area contributed by atoms with Crippen molar-refractivity contribution < 1.29 is 24.9 Å². The summed E-state index contributed by atoms with van der Waals surface area (Å²) in [7, 11) is 3.17. The third-order valence-electron chi connectivity index (χ3n) is 4.73. The van der Waals surface area contributed by atoms with E-state index in [4.69, 9.17) is 5.90 Å². The number of nitrogens with one attached hydrogen (secondary N) is 2. The van der Waals surface area contributed by atoms with E-state index in [1.807, 2.05) is 19.1 Å². The second-order valence-electron chi connectivity index (χ2n) is 8.62. The number of aromatic hydroxyl groups is 1. The number of nitrogens with zero attached hydrogens (tertiary/aromatic N) is 2. The summed E-state index contributed by atoms with van der Waals surface area (Å²) in [6, 6.07) is 8.58. The van der Waals surface area contributed by atoms with E-state index in [0.29, 0.717) is 4.90 Å². The maximum atomic E-state index is 12.3. The van der Waals surface area contributed by atoms with Crippen molar-refractivity contribution in [2.24, 2.45) is 11.3 Å². The molecule has 32 heavy (non-hydrogen) atoms. The highest BCUT2D eigenvalue weighted by Gasteiger charge is 2.32. The molecule has 9 nitrogen and oxygen atoms in total. The largest absolute Gasteiger partial charge is 0.503 e. The van der Waals surface area contributed by atoms with Gasteiger partial charge >= 0.3 is 5.84 Å². The molecule has 1 amide bonds. The summed E-state index contributed by atoms with van der Waals surface area (Å²) in [6.45, 7) is 12.3. The van der Waals surface area contributed by atoms with E-state index in [-0.39, 0.29) is 45.9 Å². The third-order valence-corrected chi connectivity index (χ3v) is 5.80. The van der Waals surface area contributed by atoms with Gasteiger partial charge in [0, 0.05) is 23.8 Å². The van der Waals surface area contributed by atoms with Gasteiger partial charge in [0.25, 0.3) is 5.91 Å². The first-order chi connectivity index (χ1) is 14.9. The molecule has 0 saturated carbocycles. The summed E-state index contributed by atoms with van der Waals surface area (Å²) >= 11 is 1.66. The number of amides is 1. The molecule has 2 rings (SSSR count). The zero-order valence-corrected chi connectivity index (χ0v) is 20.1. The van der Waals surface area contributed by atoms with Gasteiger partial charge in [-0.05, 0) is 36.6 Å². The molecule has 0 fully saturated rings. The monoisotopic (exact) mass is 462 g/mol. The molecular weight excluding hydrogens is 430 g/mol. The van der Waals surface area contributed by atoms with Crippen LogP contribution < -0.4 is 16.5 Å². The minimum atomic E-state index is -0.374. The number of amidine groups is 1. The predicted molar refractivity (Wildman–Crippen MR) is 126 cm³/mol. The summed E-state index contributed by atoms with van der Waals surface area (Å²) in [5, 5.41) is 27.0. The molecule has 0 spiro atoms. The SMILES string of the molecule is C=C(N[C@@H](c1ccc(C)s1)C(C)(C)C)/C(Nc1cccc(C(=O)N(C)C)c1O)=[N+](/O)ON. The van der Waals surface area contributed by atoms with Crippen LogP contribution >= 0.6 is 11.3 Å². The summed E-state index contributed by atoms with van der Waals surface area (Å²) in [5.41, 5.74) is 0.312. The highest BCUT2D eigenvalue weighted by atomic mass is 32.1. The number of rotatable bonds is 7. The average molecular weight is 463 g/mol. The average Bonchev–Trinajstić information content (AvgIpc) is 3.14. The fourth-order valence-corrected chi connectivity index (χ4v) is 4.22. The number of nitrogens with two attached hydrogens (primary N) is 1. The minimum absolute atomic E-state index is 0.0558. The quantitative estimate of drug-likeness (QED) is 0.141. The van der Waals surface area contributed by atoms with Crippen LogP contribution in [0.3, 0.4) is 0 Å². The van der Waals surface area contributed by atoms with E-state index in [2.05, 4.69) is 42.9 Å². The highest BCUT2D eigenvalue weighted by molar-refractivity contribution is 7.12. The van der Waals surface area contributed by atoms with Crippen LogP contribution in [-0.2, 0) is 4.94 Å². The van der Waals surface area contributed by atoms with Gasteiger partial charge in [-0.3, -0.25) is 4.79 Å². The lowest BCUT2D eigenvalue weighted by Crippen LogP contribution is -2.39. The maximum absolute atomic E-state index is 12.3. The first kappa shape index (κ1) is 25.0. The zero-order chi connectivity index (χ0) is 24.2. The summed E-state index contributed by atoms with van der Waals surface area (Å²) in [5.74, 6) is 4.46.